The molecule has 0 aliphatic carbocycles. The minimum atomic E-state index is -0.146. The molecule has 3 N–H and O–H groups in total. The van der Waals surface area contributed by atoms with Crippen LogP contribution in [0.1, 0.15) is 56.1 Å². The number of benzene rings is 3. The van der Waals surface area contributed by atoms with E-state index >= 15 is 0 Å². The minimum absolute atomic E-state index is 0.0336. The summed E-state index contributed by atoms with van der Waals surface area (Å²) in [6.07, 6.45) is 5.65. The first-order valence-corrected chi connectivity index (χ1v) is 15.3. The Morgan fingerprint density at radius 3 is 2.43 bits per heavy atom. The summed E-state index contributed by atoms with van der Waals surface area (Å²) in [7, 11) is 0. The molecule has 2 atom stereocenters. The van der Waals surface area contributed by atoms with Crippen LogP contribution in [-0.2, 0) is 12.0 Å². The minimum Gasteiger partial charge on any atom is -0.337 e. The lowest BCUT2D eigenvalue weighted by atomic mass is 9.87. The van der Waals surface area contributed by atoms with E-state index in [1.807, 2.05) is 65.3 Å². The summed E-state index contributed by atoms with van der Waals surface area (Å²) >= 11 is 0. The molecule has 3 aromatic carbocycles. The molecule has 44 heavy (non-hydrogen) atoms. The molecular weight excluding hydrogens is 546 g/mol. The van der Waals surface area contributed by atoms with Gasteiger partial charge in [0, 0.05) is 72.8 Å². The van der Waals surface area contributed by atoms with Crippen molar-refractivity contribution in [1.82, 2.24) is 24.6 Å². The van der Waals surface area contributed by atoms with Crippen molar-refractivity contribution in [3.8, 4) is 11.3 Å². The van der Waals surface area contributed by atoms with Crippen LogP contribution in [0.5, 0.6) is 0 Å². The molecule has 1 aliphatic rings. The fraction of sp³-hybridized carbons (Fsp3) is 0.306. The van der Waals surface area contributed by atoms with Crippen molar-refractivity contribution in [2.45, 2.75) is 58.7 Å². The predicted molar refractivity (Wildman–Crippen MR) is 179 cm³/mol. The predicted octanol–water partition coefficient (Wildman–Crippen LogP) is 6.87. The molecule has 1 aliphatic heterocycles. The lowest BCUT2D eigenvalue weighted by molar-refractivity contribution is 0.102. The van der Waals surface area contributed by atoms with Gasteiger partial charge in [-0.15, -0.1) is 0 Å². The van der Waals surface area contributed by atoms with Crippen molar-refractivity contribution in [2.75, 3.05) is 23.7 Å². The van der Waals surface area contributed by atoms with Gasteiger partial charge in [-0.05, 0) is 66.8 Å². The summed E-state index contributed by atoms with van der Waals surface area (Å²) in [5.41, 5.74) is 7.17. The lowest BCUT2D eigenvalue weighted by Gasteiger charge is -2.36. The van der Waals surface area contributed by atoms with Crippen molar-refractivity contribution >= 4 is 28.7 Å². The van der Waals surface area contributed by atoms with Crippen LogP contribution < -0.4 is 16.0 Å². The van der Waals surface area contributed by atoms with Gasteiger partial charge < -0.3 is 20.4 Å². The molecule has 3 heterocycles. The molecule has 8 nitrogen and oxygen atoms in total. The maximum absolute atomic E-state index is 13.1. The summed E-state index contributed by atoms with van der Waals surface area (Å²) in [4.78, 5) is 25.1. The second-order valence-electron chi connectivity index (χ2n) is 13.0. The highest BCUT2D eigenvalue weighted by molar-refractivity contribution is 6.04. The number of piperazine rings is 1. The number of nitrogens with zero attached hydrogens (tertiary/aromatic N) is 4. The SMILES string of the molecule is C[C@@H]1CN(Cc2cccc(Nc3nc(-c4cccc(NC(=O)c5ccc(C(C)(C)C)cc5)c4)cn4ccnc34)c2)C[C@H](C)N1. The number of fused-ring (bicyclic) bond motifs is 1. The third-order valence-electron chi connectivity index (χ3n) is 8.03. The molecule has 6 rings (SSSR count). The van der Waals surface area contributed by atoms with Crippen molar-refractivity contribution < 1.29 is 4.79 Å². The normalized spacial score (nSPS) is 17.5. The van der Waals surface area contributed by atoms with Crippen molar-refractivity contribution in [3.63, 3.8) is 0 Å². The molecule has 1 amide bonds. The third-order valence-corrected chi connectivity index (χ3v) is 8.03. The van der Waals surface area contributed by atoms with E-state index in [1.54, 1.807) is 6.20 Å². The van der Waals surface area contributed by atoms with Crippen LogP contribution in [0.15, 0.2) is 91.4 Å². The number of rotatable bonds is 7. The Labute approximate surface area is 259 Å². The molecule has 1 fully saturated rings. The first-order chi connectivity index (χ1) is 21.1. The summed E-state index contributed by atoms with van der Waals surface area (Å²) in [6, 6.07) is 25.0. The largest absolute Gasteiger partial charge is 0.337 e. The number of amides is 1. The number of carbonyl (C=O) groups is 1. The van der Waals surface area contributed by atoms with Crippen LogP contribution in [0.4, 0.5) is 17.2 Å². The van der Waals surface area contributed by atoms with E-state index < -0.39 is 0 Å². The van der Waals surface area contributed by atoms with Gasteiger partial charge in [0.15, 0.2) is 11.5 Å². The summed E-state index contributed by atoms with van der Waals surface area (Å²) < 4.78 is 1.97. The highest BCUT2D eigenvalue weighted by atomic mass is 16.1. The van der Waals surface area contributed by atoms with E-state index in [-0.39, 0.29) is 11.3 Å². The lowest BCUT2D eigenvalue weighted by Crippen LogP contribution is -2.53. The van der Waals surface area contributed by atoms with E-state index in [4.69, 9.17) is 4.98 Å². The van der Waals surface area contributed by atoms with Gasteiger partial charge in [-0.3, -0.25) is 9.69 Å². The van der Waals surface area contributed by atoms with Gasteiger partial charge in [0.2, 0.25) is 0 Å². The molecule has 0 unspecified atom stereocenters. The maximum atomic E-state index is 13.1. The highest BCUT2D eigenvalue weighted by Crippen LogP contribution is 2.28. The fourth-order valence-electron chi connectivity index (χ4n) is 5.95. The molecular formula is C36H41N7O. The van der Waals surface area contributed by atoms with Gasteiger partial charge in [0.1, 0.15) is 0 Å². The zero-order chi connectivity index (χ0) is 30.8. The number of hydrogen-bond acceptors (Lipinski definition) is 6. The van der Waals surface area contributed by atoms with Crippen LogP contribution in [0.25, 0.3) is 16.9 Å². The number of aromatic nitrogens is 3. The molecule has 5 aromatic rings. The Kier molecular flexibility index (Phi) is 8.21. The van der Waals surface area contributed by atoms with Crippen LogP contribution in [-0.4, -0.2) is 50.3 Å². The van der Waals surface area contributed by atoms with E-state index in [2.05, 4.69) is 84.7 Å². The van der Waals surface area contributed by atoms with Gasteiger partial charge in [0.25, 0.3) is 5.91 Å². The summed E-state index contributed by atoms with van der Waals surface area (Å²) in [5.74, 6) is 0.523. The Balaban J connectivity index is 1.21. The topological polar surface area (TPSA) is 86.6 Å². The van der Waals surface area contributed by atoms with Crippen LogP contribution in [0, 0.1) is 0 Å². The molecule has 0 saturated carbocycles. The molecule has 226 valence electrons. The van der Waals surface area contributed by atoms with Gasteiger partial charge in [-0.1, -0.05) is 57.2 Å². The summed E-state index contributed by atoms with van der Waals surface area (Å²) in [5, 5.41) is 10.2. The fourth-order valence-corrected chi connectivity index (χ4v) is 5.95. The average Bonchev–Trinajstić information content (AvgIpc) is 3.46. The number of hydrogen-bond donors (Lipinski definition) is 3. The smallest absolute Gasteiger partial charge is 0.255 e. The molecule has 2 aromatic heterocycles. The Morgan fingerprint density at radius 2 is 1.68 bits per heavy atom. The highest BCUT2D eigenvalue weighted by Gasteiger charge is 2.21. The number of carbonyl (C=O) groups excluding carboxylic acids is 1. The number of nitrogens with one attached hydrogen (secondary N) is 3. The van der Waals surface area contributed by atoms with E-state index in [9.17, 15) is 4.79 Å². The number of anilines is 3. The van der Waals surface area contributed by atoms with E-state index in [0.717, 1.165) is 42.2 Å². The molecule has 0 radical (unpaired) electrons. The molecule has 0 spiro atoms. The van der Waals surface area contributed by atoms with Crippen LogP contribution >= 0.6 is 0 Å². The average molecular weight is 588 g/mol. The molecule has 0 bridgehead atoms. The van der Waals surface area contributed by atoms with Crippen molar-refractivity contribution in [2.24, 2.45) is 0 Å². The van der Waals surface area contributed by atoms with Gasteiger partial charge in [0.05, 0.1) is 5.69 Å². The second kappa shape index (κ2) is 12.2. The van der Waals surface area contributed by atoms with Gasteiger partial charge in [-0.2, -0.15) is 0 Å². The first kappa shape index (κ1) is 29.5. The first-order valence-electron chi connectivity index (χ1n) is 15.3. The van der Waals surface area contributed by atoms with Crippen LogP contribution in [0.3, 0.4) is 0 Å². The quantitative estimate of drug-likeness (QED) is 0.193. The summed E-state index contributed by atoms with van der Waals surface area (Å²) in [6.45, 7) is 13.9. The van der Waals surface area contributed by atoms with Crippen LogP contribution in [0.2, 0.25) is 0 Å². The third kappa shape index (κ3) is 6.82. The van der Waals surface area contributed by atoms with E-state index in [0.29, 0.717) is 29.2 Å². The Bertz CT molecular complexity index is 1760. The Hall–Kier alpha value is -4.53. The Morgan fingerprint density at radius 1 is 0.955 bits per heavy atom. The van der Waals surface area contributed by atoms with Gasteiger partial charge >= 0.3 is 0 Å². The zero-order valence-electron chi connectivity index (χ0n) is 26.1. The second-order valence-corrected chi connectivity index (χ2v) is 13.0. The molecule has 8 heteroatoms. The zero-order valence-corrected chi connectivity index (χ0v) is 26.1. The number of imidazole rings is 1. The molecule has 1 saturated heterocycles. The van der Waals surface area contributed by atoms with Crippen molar-refractivity contribution in [1.29, 1.82) is 0 Å². The van der Waals surface area contributed by atoms with Crippen molar-refractivity contribution in [3.05, 3.63) is 108 Å². The van der Waals surface area contributed by atoms with Gasteiger partial charge in [-0.25, -0.2) is 9.97 Å². The standard InChI is InChI=1S/C36H41N7O/c1-24-20-42(21-25(2)38-24)22-26-8-6-10-30(18-26)39-33-34-37-16-17-43(34)23-32(41-33)28-9-7-11-31(19-28)40-35(44)27-12-14-29(15-13-27)36(3,4)5/h6-19,23-25,38H,20-22H2,1-5H3,(H,39,41)(H,40,44)/t24-,25+. The monoisotopic (exact) mass is 587 g/mol. The van der Waals surface area contributed by atoms with E-state index in [1.165, 1.54) is 11.1 Å². The maximum Gasteiger partial charge on any atom is 0.255 e.